The Balaban J connectivity index is 1.48. The Hall–Kier alpha value is -3.70. The molecule has 3 aromatic rings. The number of pyridine rings is 1. The number of likely N-dealkylation sites (tertiary alicyclic amines) is 1. The zero-order chi connectivity index (χ0) is 33.4. The van der Waals surface area contributed by atoms with Crippen molar-refractivity contribution in [1.82, 2.24) is 34.6 Å². The Labute approximate surface area is 272 Å². The summed E-state index contributed by atoms with van der Waals surface area (Å²) in [7, 11) is 2.16. The number of aryl methyl sites for hydroxylation is 1. The first-order valence-corrected chi connectivity index (χ1v) is 16.5. The first-order valence-electron chi connectivity index (χ1n) is 16.5. The fourth-order valence-corrected chi connectivity index (χ4v) is 7.90. The van der Waals surface area contributed by atoms with Crippen molar-refractivity contribution in [1.29, 1.82) is 0 Å². The highest BCUT2D eigenvalue weighted by Gasteiger charge is 2.58. The smallest absolute Gasteiger partial charge is 0.410 e. The number of rotatable bonds is 8. The maximum Gasteiger partial charge on any atom is 0.410 e. The van der Waals surface area contributed by atoms with E-state index in [4.69, 9.17) is 9.97 Å². The van der Waals surface area contributed by atoms with Crippen molar-refractivity contribution in [3.05, 3.63) is 59.7 Å². The summed E-state index contributed by atoms with van der Waals surface area (Å²) in [5.41, 5.74) is 2.83. The predicted octanol–water partition coefficient (Wildman–Crippen LogP) is 6.40. The van der Waals surface area contributed by atoms with Gasteiger partial charge in [0.2, 0.25) is 0 Å². The zero-order valence-electron chi connectivity index (χ0n) is 28.5. The van der Waals surface area contributed by atoms with Gasteiger partial charge in [0.25, 0.3) is 0 Å². The molecule has 3 atom stereocenters. The molecule has 1 unspecified atom stereocenters. The van der Waals surface area contributed by atoms with Crippen LogP contribution in [-0.2, 0) is 19.5 Å². The van der Waals surface area contributed by atoms with Crippen molar-refractivity contribution < 1.29 is 19.8 Å². The molecule has 11 nitrogen and oxygen atoms in total. The number of para-hydroxylation sites is 2. The van der Waals surface area contributed by atoms with Gasteiger partial charge in [-0.2, -0.15) is 0 Å². The minimum absolute atomic E-state index is 0.139. The Morgan fingerprint density at radius 1 is 1.02 bits per heavy atom. The molecular weight excluding hydrogens is 582 g/mol. The highest BCUT2D eigenvalue weighted by Crippen LogP contribution is 2.43. The van der Waals surface area contributed by atoms with E-state index in [-0.39, 0.29) is 12.0 Å². The van der Waals surface area contributed by atoms with Crippen LogP contribution in [0.15, 0.2) is 42.6 Å². The number of piperidine rings is 1. The van der Waals surface area contributed by atoms with E-state index in [9.17, 15) is 19.8 Å². The third kappa shape index (κ3) is 6.44. The molecule has 250 valence electrons. The van der Waals surface area contributed by atoms with Crippen molar-refractivity contribution in [2.75, 3.05) is 20.1 Å². The number of aromatic nitrogens is 3. The molecule has 0 radical (unpaired) electrons. The van der Waals surface area contributed by atoms with E-state index >= 15 is 0 Å². The van der Waals surface area contributed by atoms with Crippen molar-refractivity contribution in [3.8, 4) is 0 Å². The molecule has 0 bridgehead atoms. The molecule has 0 spiro atoms. The number of carbonyl (C=O) groups is 2. The van der Waals surface area contributed by atoms with Gasteiger partial charge in [-0.1, -0.05) is 39.0 Å². The Bertz CT molecular complexity index is 1560. The second-order valence-corrected chi connectivity index (χ2v) is 15.1. The maximum atomic E-state index is 12.9. The lowest BCUT2D eigenvalue weighted by atomic mass is 9.80. The van der Waals surface area contributed by atoms with Gasteiger partial charge in [0, 0.05) is 36.8 Å². The van der Waals surface area contributed by atoms with Crippen LogP contribution in [-0.4, -0.2) is 83.1 Å². The van der Waals surface area contributed by atoms with Gasteiger partial charge in [-0.15, -0.1) is 0 Å². The number of amides is 2. The van der Waals surface area contributed by atoms with Crippen LogP contribution < -0.4 is 5.32 Å². The van der Waals surface area contributed by atoms with E-state index in [0.29, 0.717) is 26.2 Å². The maximum absolute atomic E-state index is 12.9. The fraction of sp³-hybridized carbons (Fsp3) is 0.600. The average molecular weight is 634 g/mol. The quantitative estimate of drug-likeness (QED) is 0.243. The molecule has 1 aliphatic carbocycles. The third-order valence-electron chi connectivity index (χ3n) is 9.75. The molecule has 46 heavy (non-hydrogen) atoms. The second kappa shape index (κ2) is 12.8. The summed E-state index contributed by atoms with van der Waals surface area (Å²) in [4.78, 5) is 41.0. The molecule has 11 heteroatoms. The van der Waals surface area contributed by atoms with Gasteiger partial charge < -0.3 is 14.8 Å². The Morgan fingerprint density at radius 2 is 1.76 bits per heavy atom. The Morgan fingerprint density at radius 3 is 2.43 bits per heavy atom. The van der Waals surface area contributed by atoms with Gasteiger partial charge in [0.05, 0.1) is 29.3 Å². The molecule has 1 fully saturated rings. The number of benzene rings is 1. The van der Waals surface area contributed by atoms with Crippen molar-refractivity contribution >= 4 is 23.2 Å². The number of hydrogen-bond acceptors (Lipinski definition) is 6. The molecule has 2 amide bonds. The van der Waals surface area contributed by atoms with Gasteiger partial charge in [-0.25, -0.2) is 14.6 Å². The molecule has 3 N–H and O–H groups in total. The molecule has 5 rings (SSSR count). The van der Waals surface area contributed by atoms with Gasteiger partial charge in [0.15, 0.2) is 5.79 Å². The SMILES string of the molecule is CN(Cc1nc2ccccc2n1C[C@@H]1CCCN(C(NC(=O)O)(N(C(=O)O)C(C)(C)C)C(C)(C)C)C1)[C@@H]1CCCc2cccnc21. The Kier molecular flexibility index (Phi) is 9.39. The molecular formula is C35H51N7O4. The summed E-state index contributed by atoms with van der Waals surface area (Å²) in [6, 6.07) is 12.6. The molecule has 1 aromatic carbocycles. The topological polar surface area (TPSA) is 127 Å². The van der Waals surface area contributed by atoms with Crippen molar-refractivity contribution in [2.45, 2.75) is 104 Å². The van der Waals surface area contributed by atoms with Gasteiger partial charge in [-0.05, 0) is 89.6 Å². The molecule has 0 saturated carbocycles. The number of hydrogen-bond donors (Lipinski definition) is 3. The summed E-state index contributed by atoms with van der Waals surface area (Å²) in [5, 5.41) is 23.5. The highest BCUT2D eigenvalue weighted by molar-refractivity contribution is 5.76. The van der Waals surface area contributed by atoms with Gasteiger partial charge in [0.1, 0.15) is 5.82 Å². The van der Waals surface area contributed by atoms with E-state index < -0.39 is 28.9 Å². The normalized spacial score (nSPS) is 20.7. The largest absolute Gasteiger partial charge is 0.465 e. The number of carboxylic acid groups (broad SMARTS) is 2. The lowest BCUT2D eigenvalue weighted by Gasteiger charge is -2.60. The number of fused-ring (bicyclic) bond motifs is 2. The second-order valence-electron chi connectivity index (χ2n) is 15.1. The summed E-state index contributed by atoms with van der Waals surface area (Å²) in [5.74, 6) is -0.375. The summed E-state index contributed by atoms with van der Waals surface area (Å²) in [6.45, 7) is 13.6. The van der Waals surface area contributed by atoms with Crippen LogP contribution in [0, 0.1) is 11.3 Å². The zero-order valence-corrected chi connectivity index (χ0v) is 28.5. The summed E-state index contributed by atoms with van der Waals surface area (Å²) >= 11 is 0. The number of imidazole rings is 1. The van der Waals surface area contributed by atoms with Crippen LogP contribution in [0.2, 0.25) is 0 Å². The van der Waals surface area contributed by atoms with Crippen LogP contribution in [0.4, 0.5) is 9.59 Å². The van der Waals surface area contributed by atoms with Crippen molar-refractivity contribution in [3.63, 3.8) is 0 Å². The molecule has 1 saturated heterocycles. The van der Waals surface area contributed by atoms with Gasteiger partial charge >= 0.3 is 12.2 Å². The van der Waals surface area contributed by atoms with E-state index in [1.807, 2.05) is 65.9 Å². The third-order valence-corrected chi connectivity index (χ3v) is 9.75. The molecule has 2 aliphatic rings. The first-order chi connectivity index (χ1) is 21.6. The minimum Gasteiger partial charge on any atom is -0.465 e. The summed E-state index contributed by atoms with van der Waals surface area (Å²) < 4.78 is 2.32. The molecule has 1 aliphatic heterocycles. The number of nitrogens with one attached hydrogen (secondary N) is 1. The van der Waals surface area contributed by atoms with Crippen LogP contribution in [0.5, 0.6) is 0 Å². The lowest BCUT2D eigenvalue weighted by Crippen LogP contribution is -2.80. The lowest BCUT2D eigenvalue weighted by molar-refractivity contribution is -0.172. The first kappa shape index (κ1) is 33.7. The van der Waals surface area contributed by atoms with Crippen molar-refractivity contribution in [2.24, 2.45) is 11.3 Å². The van der Waals surface area contributed by atoms with Crippen LogP contribution in [0.25, 0.3) is 11.0 Å². The minimum atomic E-state index is -1.50. The molecule has 3 heterocycles. The fourth-order valence-electron chi connectivity index (χ4n) is 7.90. The summed E-state index contributed by atoms with van der Waals surface area (Å²) in [6.07, 6.45) is 4.46. The monoisotopic (exact) mass is 633 g/mol. The van der Waals surface area contributed by atoms with Crippen LogP contribution >= 0.6 is 0 Å². The van der Waals surface area contributed by atoms with E-state index in [2.05, 4.69) is 44.9 Å². The highest BCUT2D eigenvalue weighted by atomic mass is 16.4. The van der Waals surface area contributed by atoms with E-state index in [0.717, 1.165) is 54.7 Å². The standard InChI is InChI=1S/C35H51N7O4/c1-33(2,3)35(38-31(43)44,42(32(45)46)34(4,5)6)40-20-12-13-24(21-40)22-41-27-17-9-8-16-26(27)37-29(41)23-39(7)28-18-10-14-25-15-11-19-36-30(25)28/h8-9,11,15-17,19,24,28,38H,10,12-14,18,20-23H2,1-7H3,(H,43,44)(H,45,46)/t24-,28-,35?/m1/s1. The van der Waals surface area contributed by atoms with Crippen LogP contribution in [0.1, 0.15) is 90.3 Å². The average Bonchev–Trinajstić information content (AvgIpc) is 3.31. The predicted molar refractivity (Wildman–Crippen MR) is 178 cm³/mol. The van der Waals surface area contributed by atoms with Crippen LogP contribution in [0.3, 0.4) is 0 Å². The number of nitrogens with zero attached hydrogens (tertiary/aromatic N) is 6. The molecule has 2 aromatic heterocycles. The van der Waals surface area contributed by atoms with E-state index in [1.165, 1.54) is 10.5 Å². The van der Waals surface area contributed by atoms with Gasteiger partial charge in [-0.3, -0.25) is 25.0 Å². The van der Waals surface area contributed by atoms with E-state index in [1.54, 1.807) is 0 Å².